The number of aromatic nitrogens is 1. The average molecular weight is 315 g/mol. The molecule has 2 rings (SSSR count). The molecule has 0 saturated heterocycles. The standard InChI is InChI=1S/C13H13BrF2N2/c1-3-4-7-5-10(17-2)11-12(14)8(15)6-9(16)13(11)18-7/h5-6H,3-4H2,1-2H3,(H,17,18). The zero-order valence-corrected chi connectivity index (χ0v) is 11.7. The summed E-state index contributed by atoms with van der Waals surface area (Å²) in [4.78, 5) is 4.26. The molecule has 1 N–H and O–H groups in total. The number of fused-ring (bicyclic) bond motifs is 1. The molecule has 96 valence electrons. The second kappa shape index (κ2) is 5.18. The molecule has 0 aliphatic carbocycles. The highest BCUT2D eigenvalue weighted by Crippen LogP contribution is 2.34. The molecule has 18 heavy (non-hydrogen) atoms. The van der Waals surface area contributed by atoms with Gasteiger partial charge in [-0.25, -0.2) is 13.8 Å². The summed E-state index contributed by atoms with van der Waals surface area (Å²) >= 11 is 3.15. The van der Waals surface area contributed by atoms with Crippen molar-refractivity contribution in [1.29, 1.82) is 0 Å². The number of aryl methyl sites for hydroxylation is 1. The number of nitrogens with zero attached hydrogens (tertiary/aromatic N) is 1. The molecular weight excluding hydrogens is 302 g/mol. The van der Waals surface area contributed by atoms with Crippen LogP contribution >= 0.6 is 15.9 Å². The lowest BCUT2D eigenvalue weighted by Gasteiger charge is -2.11. The van der Waals surface area contributed by atoms with Crippen molar-refractivity contribution in [2.24, 2.45) is 0 Å². The predicted octanol–water partition coefficient (Wildman–Crippen LogP) is 4.27. The molecule has 0 bridgehead atoms. The Bertz CT molecular complexity index is 599. The number of nitrogens with one attached hydrogen (secondary N) is 1. The minimum absolute atomic E-state index is 0.193. The molecule has 5 heteroatoms. The zero-order chi connectivity index (χ0) is 13.3. The van der Waals surface area contributed by atoms with Gasteiger partial charge in [0.05, 0.1) is 4.47 Å². The van der Waals surface area contributed by atoms with Crippen molar-refractivity contribution in [2.45, 2.75) is 19.8 Å². The van der Waals surface area contributed by atoms with E-state index in [0.717, 1.165) is 24.6 Å². The lowest BCUT2D eigenvalue weighted by molar-refractivity contribution is 0.586. The van der Waals surface area contributed by atoms with E-state index < -0.39 is 11.6 Å². The highest BCUT2D eigenvalue weighted by molar-refractivity contribution is 9.10. The van der Waals surface area contributed by atoms with Gasteiger partial charge in [-0.1, -0.05) is 13.3 Å². The first-order valence-corrected chi connectivity index (χ1v) is 6.52. The van der Waals surface area contributed by atoms with Crippen LogP contribution in [0.2, 0.25) is 0 Å². The van der Waals surface area contributed by atoms with Gasteiger partial charge in [-0.05, 0) is 28.4 Å². The largest absolute Gasteiger partial charge is 0.387 e. The Morgan fingerprint density at radius 3 is 2.61 bits per heavy atom. The van der Waals surface area contributed by atoms with Gasteiger partial charge in [0.1, 0.15) is 11.3 Å². The van der Waals surface area contributed by atoms with Crippen LogP contribution < -0.4 is 5.32 Å². The van der Waals surface area contributed by atoms with Crippen LogP contribution in [0, 0.1) is 11.6 Å². The Kier molecular flexibility index (Phi) is 3.80. The minimum Gasteiger partial charge on any atom is -0.387 e. The molecule has 0 saturated carbocycles. The van der Waals surface area contributed by atoms with Crippen LogP contribution in [0.1, 0.15) is 19.0 Å². The SMILES string of the molecule is CCCc1cc(NC)c2c(Br)c(F)cc(F)c2n1. The fourth-order valence-electron chi connectivity index (χ4n) is 1.94. The Morgan fingerprint density at radius 2 is 2.00 bits per heavy atom. The third-order valence-electron chi connectivity index (χ3n) is 2.76. The van der Waals surface area contributed by atoms with Crippen molar-refractivity contribution < 1.29 is 8.78 Å². The number of hydrogen-bond acceptors (Lipinski definition) is 2. The van der Waals surface area contributed by atoms with Gasteiger partial charge in [0.2, 0.25) is 0 Å². The smallest absolute Gasteiger partial charge is 0.152 e. The quantitative estimate of drug-likeness (QED) is 0.856. The highest BCUT2D eigenvalue weighted by Gasteiger charge is 2.15. The maximum absolute atomic E-state index is 13.8. The second-order valence-corrected chi connectivity index (χ2v) is 4.83. The van der Waals surface area contributed by atoms with E-state index in [9.17, 15) is 8.78 Å². The lowest BCUT2D eigenvalue weighted by Crippen LogP contribution is -2.00. The number of pyridine rings is 1. The van der Waals surface area contributed by atoms with Crippen molar-refractivity contribution in [3.8, 4) is 0 Å². The molecule has 0 aliphatic heterocycles. The van der Waals surface area contributed by atoms with Gasteiger partial charge in [-0.3, -0.25) is 0 Å². The molecule has 0 radical (unpaired) electrons. The molecule has 1 heterocycles. The average Bonchev–Trinajstić information content (AvgIpc) is 2.35. The number of benzene rings is 1. The number of hydrogen-bond donors (Lipinski definition) is 1. The van der Waals surface area contributed by atoms with Crippen molar-refractivity contribution in [1.82, 2.24) is 4.98 Å². The van der Waals surface area contributed by atoms with Crippen LogP contribution in [-0.4, -0.2) is 12.0 Å². The monoisotopic (exact) mass is 314 g/mol. The van der Waals surface area contributed by atoms with E-state index in [4.69, 9.17) is 0 Å². The zero-order valence-electron chi connectivity index (χ0n) is 10.2. The molecular formula is C13H13BrF2N2. The summed E-state index contributed by atoms with van der Waals surface area (Å²) in [6.07, 6.45) is 1.69. The Morgan fingerprint density at radius 1 is 1.28 bits per heavy atom. The first kappa shape index (κ1) is 13.2. The summed E-state index contributed by atoms with van der Waals surface area (Å²) in [5.74, 6) is -1.26. The second-order valence-electron chi connectivity index (χ2n) is 4.04. The van der Waals surface area contributed by atoms with Crippen molar-refractivity contribution in [2.75, 3.05) is 12.4 Å². The van der Waals surface area contributed by atoms with Crippen LogP contribution in [0.4, 0.5) is 14.5 Å². The Hall–Kier alpha value is -1.23. The van der Waals surface area contributed by atoms with E-state index in [0.29, 0.717) is 11.1 Å². The van der Waals surface area contributed by atoms with Crippen LogP contribution in [-0.2, 0) is 6.42 Å². The van der Waals surface area contributed by atoms with Gasteiger partial charge in [-0.2, -0.15) is 0 Å². The summed E-state index contributed by atoms with van der Waals surface area (Å²) in [5, 5.41) is 3.40. The number of anilines is 1. The van der Waals surface area contributed by atoms with E-state index in [1.165, 1.54) is 0 Å². The van der Waals surface area contributed by atoms with E-state index in [1.807, 2.05) is 13.0 Å². The lowest BCUT2D eigenvalue weighted by atomic mass is 10.1. The van der Waals surface area contributed by atoms with Gasteiger partial charge < -0.3 is 5.32 Å². The normalized spacial score (nSPS) is 10.9. The topological polar surface area (TPSA) is 24.9 Å². The summed E-state index contributed by atoms with van der Waals surface area (Å²) in [6, 6.07) is 2.68. The highest BCUT2D eigenvalue weighted by atomic mass is 79.9. The summed E-state index contributed by atoms with van der Waals surface area (Å²) in [5.41, 5.74) is 1.67. The molecule has 0 fully saturated rings. The minimum atomic E-state index is -0.639. The number of rotatable bonds is 3. The van der Waals surface area contributed by atoms with Gasteiger partial charge in [-0.15, -0.1) is 0 Å². The third-order valence-corrected chi connectivity index (χ3v) is 3.53. The first-order valence-electron chi connectivity index (χ1n) is 5.73. The molecule has 0 unspecified atom stereocenters. The maximum Gasteiger partial charge on any atom is 0.152 e. The van der Waals surface area contributed by atoms with Gasteiger partial charge in [0.15, 0.2) is 5.82 Å². The van der Waals surface area contributed by atoms with E-state index in [-0.39, 0.29) is 9.99 Å². The van der Waals surface area contributed by atoms with Crippen molar-refractivity contribution >= 4 is 32.5 Å². The molecule has 1 aromatic carbocycles. The molecule has 1 aromatic heterocycles. The first-order chi connectivity index (χ1) is 8.58. The Balaban J connectivity index is 2.82. The van der Waals surface area contributed by atoms with E-state index in [1.54, 1.807) is 7.05 Å². The van der Waals surface area contributed by atoms with Gasteiger partial charge in [0, 0.05) is 29.9 Å². The Labute approximate surface area is 113 Å². The molecule has 0 spiro atoms. The molecule has 0 amide bonds. The summed E-state index contributed by atoms with van der Waals surface area (Å²) < 4.78 is 27.6. The predicted molar refractivity (Wildman–Crippen MR) is 72.9 cm³/mol. The van der Waals surface area contributed by atoms with Crippen LogP contribution in [0.25, 0.3) is 10.9 Å². The molecule has 0 atom stereocenters. The fourth-order valence-corrected chi connectivity index (χ4v) is 2.45. The summed E-state index contributed by atoms with van der Waals surface area (Å²) in [7, 11) is 1.72. The number of halogens is 3. The molecule has 2 aromatic rings. The van der Waals surface area contributed by atoms with Crippen LogP contribution in [0.3, 0.4) is 0 Å². The van der Waals surface area contributed by atoms with Crippen LogP contribution in [0.5, 0.6) is 0 Å². The third kappa shape index (κ3) is 2.19. The van der Waals surface area contributed by atoms with Gasteiger partial charge >= 0.3 is 0 Å². The van der Waals surface area contributed by atoms with Crippen molar-refractivity contribution in [3.05, 3.63) is 33.9 Å². The summed E-state index contributed by atoms with van der Waals surface area (Å²) in [6.45, 7) is 2.03. The fraction of sp³-hybridized carbons (Fsp3) is 0.308. The van der Waals surface area contributed by atoms with Crippen molar-refractivity contribution in [3.63, 3.8) is 0 Å². The van der Waals surface area contributed by atoms with E-state index >= 15 is 0 Å². The molecule has 0 aliphatic rings. The van der Waals surface area contributed by atoms with Crippen LogP contribution in [0.15, 0.2) is 16.6 Å². The molecule has 2 nitrogen and oxygen atoms in total. The van der Waals surface area contributed by atoms with E-state index in [2.05, 4.69) is 26.2 Å². The van der Waals surface area contributed by atoms with Gasteiger partial charge in [0.25, 0.3) is 0 Å². The maximum atomic E-state index is 13.8.